The minimum atomic E-state index is -4.04. The van der Waals surface area contributed by atoms with E-state index in [2.05, 4.69) is 5.32 Å². The number of methoxy groups -OCH3 is 1. The van der Waals surface area contributed by atoms with E-state index in [1.165, 1.54) is 19.2 Å². The molecule has 0 saturated heterocycles. The molecule has 0 unspecified atom stereocenters. The zero-order valence-corrected chi connectivity index (χ0v) is 22.5. The van der Waals surface area contributed by atoms with Gasteiger partial charge in [-0.15, -0.1) is 0 Å². The Morgan fingerprint density at radius 3 is 2.21 bits per heavy atom. The Kier molecular flexibility index (Phi) is 8.68. The Morgan fingerprint density at radius 2 is 1.55 bits per heavy atom. The fourth-order valence-electron chi connectivity index (χ4n) is 3.83. The quantitative estimate of drug-likeness (QED) is 0.251. The van der Waals surface area contributed by atoms with E-state index in [9.17, 15) is 13.2 Å². The second-order valence-electron chi connectivity index (χ2n) is 8.49. The molecule has 0 spiro atoms. The Hall–Kier alpha value is -3.85. The van der Waals surface area contributed by atoms with Crippen molar-refractivity contribution in [2.75, 3.05) is 19.0 Å². The van der Waals surface area contributed by atoms with Crippen molar-refractivity contribution in [1.82, 2.24) is 4.31 Å². The first-order chi connectivity index (χ1) is 18.3. The predicted octanol–water partition coefficient (Wildman–Crippen LogP) is 6.28. The van der Waals surface area contributed by atoms with Gasteiger partial charge in [-0.3, -0.25) is 4.79 Å². The van der Waals surface area contributed by atoms with Gasteiger partial charge in [0.05, 0.1) is 24.2 Å². The van der Waals surface area contributed by atoms with Crippen LogP contribution in [-0.2, 0) is 21.4 Å². The molecule has 1 amide bonds. The first kappa shape index (κ1) is 27.2. The third-order valence-electron chi connectivity index (χ3n) is 5.71. The van der Waals surface area contributed by atoms with Crippen molar-refractivity contribution in [3.05, 3.63) is 113 Å². The molecule has 4 aromatic rings. The smallest absolute Gasteiger partial charge is 0.243 e. The minimum Gasteiger partial charge on any atom is -0.496 e. The van der Waals surface area contributed by atoms with Crippen LogP contribution in [0.4, 0.5) is 5.69 Å². The lowest BCUT2D eigenvalue weighted by Crippen LogP contribution is -2.37. The third kappa shape index (κ3) is 6.72. The topological polar surface area (TPSA) is 84.9 Å². The normalized spacial score (nSPS) is 11.3. The summed E-state index contributed by atoms with van der Waals surface area (Å²) in [4.78, 5) is 13.3. The number of amides is 1. The number of hydrogen-bond donors (Lipinski definition) is 1. The van der Waals surface area contributed by atoms with Gasteiger partial charge in [0.25, 0.3) is 0 Å². The summed E-state index contributed by atoms with van der Waals surface area (Å²) in [6, 6.07) is 27.6. The summed E-state index contributed by atoms with van der Waals surface area (Å²) in [5.41, 5.74) is 1.73. The molecule has 0 bridgehead atoms. The highest BCUT2D eigenvalue weighted by atomic mass is 35.5. The molecule has 0 aliphatic heterocycles. The molecule has 0 heterocycles. The van der Waals surface area contributed by atoms with E-state index in [1.807, 2.05) is 48.5 Å². The number of rotatable bonds is 10. The molecule has 7 nitrogen and oxygen atoms in total. The number of halogens is 1. The van der Waals surface area contributed by atoms with Gasteiger partial charge in [-0.1, -0.05) is 60.1 Å². The molecule has 4 aromatic carbocycles. The van der Waals surface area contributed by atoms with Gasteiger partial charge < -0.3 is 14.8 Å². The average molecular weight is 551 g/mol. The van der Waals surface area contributed by atoms with E-state index in [0.29, 0.717) is 33.5 Å². The van der Waals surface area contributed by atoms with E-state index in [0.717, 1.165) is 9.87 Å². The number of ether oxygens (including phenoxy) is 2. The summed E-state index contributed by atoms with van der Waals surface area (Å²) in [5, 5.41) is 3.16. The van der Waals surface area contributed by atoms with Crippen LogP contribution in [0.1, 0.15) is 11.1 Å². The highest BCUT2D eigenvalue weighted by Crippen LogP contribution is 2.32. The molecular formula is C29H27ClN2O5S. The Bertz CT molecular complexity index is 1510. The molecule has 0 aliphatic carbocycles. The summed E-state index contributed by atoms with van der Waals surface area (Å²) >= 11 is 6.19. The largest absolute Gasteiger partial charge is 0.496 e. The monoisotopic (exact) mass is 550 g/mol. The van der Waals surface area contributed by atoms with Crippen molar-refractivity contribution in [1.29, 1.82) is 0 Å². The molecule has 4 rings (SSSR count). The van der Waals surface area contributed by atoms with Crippen molar-refractivity contribution >= 4 is 33.2 Å². The van der Waals surface area contributed by atoms with Crippen LogP contribution in [0.15, 0.2) is 102 Å². The van der Waals surface area contributed by atoms with Gasteiger partial charge in [0.15, 0.2) is 5.75 Å². The van der Waals surface area contributed by atoms with E-state index in [-0.39, 0.29) is 11.4 Å². The first-order valence-electron chi connectivity index (χ1n) is 11.8. The summed E-state index contributed by atoms with van der Waals surface area (Å²) in [6.45, 7) is 1.34. The number of anilines is 1. The number of carbonyl (C=O) groups is 1. The minimum absolute atomic E-state index is 0.00455. The second-order valence-corrected chi connectivity index (χ2v) is 10.9. The molecule has 0 aromatic heterocycles. The molecular weight excluding hydrogens is 524 g/mol. The van der Waals surface area contributed by atoms with Crippen LogP contribution in [0.25, 0.3) is 0 Å². The summed E-state index contributed by atoms with van der Waals surface area (Å²) in [6.07, 6.45) is 0. The summed E-state index contributed by atoms with van der Waals surface area (Å²) < 4.78 is 39.7. The molecule has 0 atom stereocenters. The van der Waals surface area contributed by atoms with Crippen LogP contribution in [0.2, 0.25) is 5.02 Å². The fraction of sp³-hybridized carbons (Fsp3) is 0.138. The Morgan fingerprint density at radius 1 is 0.895 bits per heavy atom. The van der Waals surface area contributed by atoms with Crippen LogP contribution < -0.4 is 14.8 Å². The van der Waals surface area contributed by atoms with Crippen LogP contribution in [-0.4, -0.2) is 32.3 Å². The number of hydrogen-bond acceptors (Lipinski definition) is 5. The maximum atomic E-state index is 13.7. The van der Waals surface area contributed by atoms with Gasteiger partial charge in [-0.2, -0.15) is 4.31 Å². The van der Waals surface area contributed by atoms with Crippen LogP contribution in [0.5, 0.6) is 17.2 Å². The zero-order valence-electron chi connectivity index (χ0n) is 20.9. The number of nitrogens with one attached hydrogen (secondary N) is 1. The molecule has 196 valence electrons. The number of aryl methyl sites for hydroxylation is 1. The van der Waals surface area contributed by atoms with E-state index in [1.54, 1.807) is 43.3 Å². The van der Waals surface area contributed by atoms with E-state index in [4.69, 9.17) is 21.1 Å². The second kappa shape index (κ2) is 12.1. The molecule has 0 fully saturated rings. The summed E-state index contributed by atoms with van der Waals surface area (Å²) in [7, 11) is -2.52. The van der Waals surface area contributed by atoms with Crippen molar-refractivity contribution in [2.24, 2.45) is 0 Å². The van der Waals surface area contributed by atoms with Gasteiger partial charge >= 0.3 is 0 Å². The third-order valence-corrected chi connectivity index (χ3v) is 7.74. The van der Waals surface area contributed by atoms with Gasteiger partial charge in [-0.05, 0) is 66.6 Å². The Labute approximate surface area is 227 Å². The fourth-order valence-corrected chi connectivity index (χ4v) is 5.47. The maximum Gasteiger partial charge on any atom is 0.243 e. The van der Waals surface area contributed by atoms with Crippen molar-refractivity contribution in [2.45, 2.75) is 18.4 Å². The lowest BCUT2D eigenvalue weighted by atomic mass is 10.2. The van der Waals surface area contributed by atoms with Crippen molar-refractivity contribution in [3.8, 4) is 17.2 Å². The van der Waals surface area contributed by atoms with Crippen LogP contribution in [0, 0.1) is 6.92 Å². The Balaban J connectivity index is 1.61. The lowest BCUT2D eigenvalue weighted by Gasteiger charge is -2.23. The number of benzene rings is 4. The van der Waals surface area contributed by atoms with Crippen LogP contribution >= 0.6 is 11.6 Å². The van der Waals surface area contributed by atoms with Crippen LogP contribution in [0.3, 0.4) is 0 Å². The highest BCUT2D eigenvalue weighted by molar-refractivity contribution is 7.89. The average Bonchev–Trinajstić information content (AvgIpc) is 2.91. The highest BCUT2D eigenvalue weighted by Gasteiger charge is 2.28. The van der Waals surface area contributed by atoms with Gasteiger partial charge in [0, 0.05) is 11.6 Å². The standard InChI is InChI=1S/C29H27ClN2O5S/c1-21-17-25(14-16-27(21)36-2)38(34,35)32(19-22-9-5-3-6-10-22)20-29(33)31-26-18-23(30)13-15-28(26)37-24-11-7-4-8-12-24/h3-18H,19-20H2,1-2H3,(H,31,33). The van der Waals surface area contributed by atoms with Crippen molar-refractivity contribution < 1.29 is 22.7 Å². The number of nitrogens with zero attached hydrogens (tertiary/aromatic N) is 1. The number of sulfonamides is 1. The molecule has 0 radical (unpaired) electrons. The lowest BCUT2D eigenvalue weighted by molar-refractivity contribution is -0.116. The molecule has 1 N–H and O–H groups in total. The molecule has 38 heavy (non-hydrogen) atoms. The number of para-hydroxylation sites is 1. The van der Waals surface area contributed by atoms with Crippen molar-refractivity contribution in [3.63, 3.8) is 0 Å². The SMILES string of the molecule is COc1ccc(S(=O)(=O)N(CC(=O)Nc2cc(Cl)ccc2Oc2ccccc2)Cc2ccccc2)cc1C. The van der Waals surface area contributed by atoms with E-state index < -0.39 is 22.5 Å². The molecule has 0 aliphatic rings. The first-order valence-corrected chi connectivity index (χ1v) is 13.6. The van der Waals surface area contributed by atoms with Gasteiger partial charge in [0.1, 0.15) is 11.5 Å². The van der Waals surface area contributed by atoms with Gasteiger partial charge in [0.2, 0.25) is 15.9 Å². The maximum absolute atomic E-state index is 13.7. The molecule has 0 saturated carbocycles. The van der Waals surface area contributed by atoms with E-state index >= 15 is 0 Å². The summed E-state index contributed by atoms with van der Waals surface area (Å²) in [5.74, 6) is 0.976. The molecule has 9 heteroatoms. The predicted molar refractivity (Wildman–Crippen MR) is 148 cm³/mol. The number of carbonyl (C=O) groups excluding carboxylic acids is 1. The van der Waals surface area contributed by atoms with Gasteiger partial charge in [-0.25, -0.2) is 8.42 Å². The zero-order chi connectivity index (χ0) is 27.1.